The molecule has 1 fully saturated rings. The molecule has 7 nitrogen and oxygen atoms in total. The fraction of sp³-hybridized carbons (Fsp3) is 0.438. The van der Waals surface area contributed by atoms with Crippen LogP contribution >= 0.6 is 12.2 Å². The average molecular weight is 347 g/mol. The van der Waals surface area contributed by atoms with E-state index in [4.69, 9.17) is 17.0 Å². The number of nitrogens with one attached hydrogen (secondary N) is 1. The molecule has 0 bridgehead atoms. The number of ether oxygens (including phenoxy) is 1. The van der Waals surface area contributed by atoms with E-state index in [1.807, 2.05) is 41.9 Å². The number of nitrogens with zero attached hydrogens (tertiary/aromatic N) is 4. The molecule has 1 aliphatic heterocycles. The summed E-state index contributed by atoms with van der Waals surface area (Å²) in [6, 6.07) is 9.91. The Kier molecular flexibility index (Phi) is 5.27. The van der Waals surface area contributed by atoms with Gasteiger partial charge in [-0.05, 0) is 19.1 Å². The van der Waals surface area contributed by atoms with Gasteiger partial charge in [0.2, 0.25) is 4.77 Å². The Balaban J connectivity index is 1.61. The summed E-state index contributed by atoms with van der Waals surface area (Å²) >= 11 is 5.35. The number of rotatable bonds is 4. The van der Waals surface area contributed by atoms with Crippen molar-refractivity contribution in [3.05, 3.63) is 35.1 Å². The maximum Gasteiger partial charge on any atom is 0.409 e. The van der Waals surface area contributed by atoms with Crippen LogP contribution in [0.4, 0.5) is 4.79 Å². The number of carbonyl (C=O) groups excluding carboxylic acids is 1. The van der Waals surface area contributed by atoms with E-state index in [2.05, 4.69) is 15.0 Å². The molecular formula is C16H21N5O2S. The molecule has 1 amide bonds. The second-order valence-corrected chi connectivity index (χ2v) is 5.96. The highest BCUT2D eigenvalue weighted by molar-refractivity contribution is 7.71. The first-order valence-corrected chi connectivity index (χ1v) is 8.44. The minimum absolute atomic E-state index is 0.235. The normalized spacial score (nSPS) is 15.5. The summed E-state index contributed by atoms with van der Waals surface area (Å²) in [5, 5.41) is 3.25. The Morgan fingerprint density at radius 3 is 2.62 bits per heavy atom. The summed E-state index contributed by atoms with van der Waals surface area (Å²) in [6.07, 6.45) is -0.235. The Morgan fingerprint density at radius 1 is 1.25 bits per heavy atom. The van der Waals surface area contributed by atoms with E-state index in [1.54, 1.807) is 4.90 Å². The maximum absolute atomic E-state index is 11.7. The lowest BCUT2D eigenvalue weighted by Crippen LogP contribution is -2.49. The first-order valence-electron chi connectivity index (χ1n) is 8.03. The van der Waals surface area contributed by atoms with Crippen LogP contribution in [-0.4, -0.2) is 63.4 Å². The van der Waals surface area contributed by atoms with Crippen LogP contribution in [0.2, 0.25) is 0 Å². The third-order valence-electron chi connectivity index (χ3n) is 3.97. The number of hydrogen-bond donors (Lipinski definition) is 1. The predicted octanol–water partition coefficient (Wildman–Crippen LogP) is 2.34. The van der Waals surface area contributed by atoms with Crippen LogP contribution in [-0.2, 0) is 11.4 Å². The van der Waals surface area contributed by atoms with E-state index in [0.29, 0.717) is 31.1 Å². The van der Waals surface area contributed by atoms with Crippen LogP contribution in [0.15, 0.2) is 30.3 Å². The topological polar surface area (TPSA) is 66.4 Å². The lowest BCUT2D eigenvalue weighted by molar-refractivity contribution is 0.0691. The number of H-pyrrole nitrogens is 1. The zero-order chi connectivity index (χ0) is 16.9. The number of carbonyl (C=O) groups is 1. The molecule has 1 saturated heterocycles. The molecule has 128 valence electrons. The molecule has 1 N–H and O–H groups in total. The number of piperazine rings is 1. The highest BCUT2D eigenvalue weighted by atomic mass is 32.1. The molecule has 0 aliphatic carbocycles. The summed E-state index contributed by atoms with van der Waals surface area (Å²) < 4.78 is 7.42. The highest BCUT2D eigenvalue weighted by Crippen LogP contribution is 2.14. The van der Waals surface area contributed by atoms with Crippen molar-refractivity contribution in [2.24, 2.45) is 0 Å². The fourth-order valence-electron chi connectivity index (χ4n) is 2.66. The zero-order valence-corrected chi connectivity index (χ0v) is 14.5. The smallest absolute Gasteiger partial charge is 0.409 e. The van der Waals surface area contributed by atoms with E-state index in [-0.39, 0.29) is 6.09 Å². The Morgan fingerprint density at radius 2 is 1.96 bits per heavy atom. The van der Waals surface area contributed by atoms with Gasteiger partial charge in [0, 0.05) is 31.7 Å². The molecule has 1 aliphatic rings. The van der Waals surface area contributed by atoms with Crippen LogP contribution in [0, 0.1) is 4.77 Å². The number of aromatic amines is 1. The average Bonchev–Trinajstić information content (AvgIpc) is 2.97. The molecule has 0 radical (unpaired) electrons. The van der Waals surface area contributed by atoms with Crippen LogP contribution in [0.1, 0.15) is 6.92 Å². The van der Waals surface area contributed by atoms with E-state index < -0.39 is 0 Å². The summed E-state index contributed by atoms with van der Waals surface area (Å²) in [7, 11) is 0. The predicted molar refractivity (Wildman–Crippen MR) is 93.0 cm³/mol. The van der Waals surface area contributed by atoms with Crippen LogP contribution in [0.3, 0.4) is 0 Å². The van der Waals surface area contributed by atoms with Gasteiger partial charge >= 0.3 is 6.09 Å². The molecule has 2 aromatic rings. The zero-order valence-electron chi connectivity index (χ0n) is 13.6. The molecule has 0 spiro atoms. The third kappa shape index (κ3) is 3.82. The summed E-state index contributed by atoms with van der Waals surface area (Å²) in [5.41, 5.74) is 1.01. The van der Waals surface area contributed by atoms with Crippen molar-refractivity contribution in [1.29, 1.82) is 0 Å². The first kappa shape index (κ1) is 16.7. The van der Waals surface area contributed by atoms with Gasteiger partial charge in [-0.1, -0.05) is 30.3 Å². The quantitative estimate of drug-likeness (QED) is 0.860. The van der Waals surface area contributed by atoms with Gasteiger partial charge in [-0.25, -0.2) is 9.48 Å². The molecule has 24 heavy (non-hydrogen) atoms. The van der Waals surface area contributed by atoms with Crippen molar-refractivity contribution in [3.8, 4) is 11.4 Å². The summed E-state index contributed by atoms with van der Waals surface area (Å²) in [6.45, 7) is 5.73. The van der Waals surface area contributed by atoms with Gasteiger partial charge in [-0.15, -0.1) is 0 Å². The number of amides is 1. The molecule has 0 saturated carbocycles. The molecule has 3 rings (SSSR count). The van der Waals surface area contributed by atoms with Crippen LogP contribution < -0.4 is 0 Å². The lowest BCUT2D eigenvalue weighted by Gasteiger charge is -2.33. The van der Waals surface area contributed by atoms with Crippen LogP contribution in [0.25, 0.3) is 11.4 Å². The van der Waals surface area contributed by atoms with E-state index >= 15 is 0 Å². The van der Waals surface area contributed by atoms with Gasteiger partial charge in [0.15, 0.2) is 5.82 Å². The van der Waals surface area contributed by atoms with Crippen molar-refractivity contribution in [1.82, 2.24) is 24.6 Å². The minimum Gasteiger partial charge on any atom is -0.450 e. The van der Waals surface area contributed by atoms with Crippen molar-refractivity contribution in [3.63, 3.8) is 0 Å². The Bertz CT molecular complexity index is 734. The molecule has 0 unspecified atom stereocenters. The van der Waals surface area contributed by atoms with Crippen molar-refractivity contribution in [2.75, 3.05) is 32.8 Å². The lowest BCUT2D eigenvalue weighted by atomic mass is 10.2. The molecule has 1 aromatic heterocycles. The van der Waals surface area contributed by atoms with Gasteiger partial charge in [0.25, 0.3) is 0 Å². The van der Waals surface area contributed by atoms with E-state index in [1.165, 1.54) is 0 Å². The molecule has 0 atom stereocenters. The third-order valence-corrected chi connectivity index (χ3v) is 4.28. The van der Waals surface area contributed by atoms with E-state index in [9.17, 15) is 4.79 Å². The first-order chi connectivity index (χ1) is 11.7. The van der Waals surface area contributed by atoms with Gasteiger partial charge in [0.05, 0.1) is 13.3 Å². The van der Waals surface area contributed by atoms with Gasteiger partial charge < -0.3 is 9.64 Å². The summed E-state index contributed by atoms with van der Waals surface area (Å²) in [4.78, 5) is 20.1. The highest BCUT2D eigenvalue weighted by Gasteiger charge is 2.22. The van der Waals surface area contributed by atoms with Crippen molar-refractivity contribution >= 4 is 18.3 Å². The number of hydrogen-bond acceptors (Lipinski definition) is 5. The number of benzene rings is 1. The fourth-order valence-corrected chi connectivity index (χ4v) is 2.86. The standard InChI is InChI=1S/C16H21N5O2S/c1-2-23-16(22)20-10-8-19(9-11-20)12-21-15(24)17-14(18-21)13-6-4-3-5-7-13/h3-7H,2,8-12H2,1H3,(H,17,18,24). The van der Waals surface area contributed by atoms with Gasteiger partial charge in [0.1, 0.15) is 0 Å². The maximum atomic E-state index is 11.7. The van der Waals surface area contributed by atoms with Gasteiger partial charge in [-0.3, -0.25) is 10.00 Å². The minimum atomic E-state index is -0.235. The van der Waals surface area contributed by atoms with Crippen molar-refractivity contribution < 1.29 is 9.53 Å². The Labute approximate surface area is 145 Å². The van der Waals surface area contributed by atoms with Crippen molar-refractivity contribution in [2.45, 2.75) is 13.6 Å². The second kappa shape index (κ2) is 7.59. The SMILES string of the molecule is CCOC(=O)N1CCN(Cn2[nH]c(-c3ccccc3)nc2=S)CC1. The number of aromatic nitrogens is 3. The molecule has 2 heterocycles. The molecular weight excluding hydrogens is 326 g/mol. The largest absolute Gasteiger partial charge is 0.450 e. The molecule has 1 aromatic carbocycles. The molecule has 8 heteroatoms. The van der Waals surface area contributed by atoms with Crippen LogP contribution in [0.5, 0.6) is 0 Å². The van der Waals surface area contributed by atoms with E-state index in [0.717, 1.165) is 24.5 Å². The Hall–Kier alpha value is -2.19. The monoisotopic (exact) mass is 347 g/mol. The van der Waals surface area contributed by atoms with Gasteiger partial charge in [-0.2, -0.15) is 4.98 Å². The summed E-state index contributed by atoms with van der Waals surface area (Å²) in [5.74, 6) is 0.769. The second-order valence-electron chi connectivity index (χ2n) is 5.59.